The molecule has 3 aromatic heterocycles. The molecule has 6 rings (SSSR count). The fraction of sp³-hybridized carbons (Fsp3) is 0.257. The van der Waals surface area contributed by atoms with Crippen molar-refractivity contribution in [3.8, 4) is 11.6 Å². The molecule has 0 bridgehead atoms. The lowest BCUT2D eigenvalue weighted by Crippen LogP contribution is -2.13. The number of aromatic hydroxyl groups is 1. The van der Waals surface area contributed by atoms with E-state index in [1.54, 1.807) is 11.8 Å². The molecule has 0 atom stereocenters. The highest BCUT2D eigenvalue weighted by atomic mass is 32.2. The van der Waals surface area contributed by atoms with Gasteiger partial charge in [-0.2, -0.15) is 0 Å². The van der Waals surface area contributed by atoms with Crippen molar-refractivity contribution in [1.29, 1.82) is 0 Å². The van der Waals surface area contributed by atoms with E-state index in [-0.39, 0.29) is 17.1 Å². The number of fused-ring (bicyclic) bond motifs is 4. The van der Waals surface area contributed by atoms with Crippen LogP contribution in [0.5, 0.6) is 5.75 Å². The molecule has 0 aliphatic carbocycles. The summed E-state index contributed by atoms with van der Waals surface area (Å²) < 4.78 is 2.32. The van der Waals surface area contributed by atoms with E-state index in [1.807, 2.05) is 24.4 Å². The summed E-state index contributed by atoms with van der Waals surface area (Å²) in [5, 5.41) is 15.4. The minimum atomic E-state index is -0.0339. The van der Waals surface area contributed by atoms with Crippen LogP contribution in [0.2, 0.25) is 0 Å². The van der Waals surface area contributed by atoms with E-state index in [1.165, 1.54) is 27.4 Å². The Balaban J connectivity index is 1.58. The molecule has 3 heterocycles. The molecule has 4 nitrogen and oxygen atoms in total. The minimum Gasteiger partial charge on any atom is -0.505 e. The Morgan fingerprint density at radius 3 is 2.35 bits per heavy atom. The first-order valence-corrected chi connectivity index (χ1v) is 14.7. The highest BCUT2D eigenvalue weighted by molar-refractivity contribution is 7.99. The lowest BCUT2D eigenvalue weighted by atomic mass is 9.84. The molecule has 0 saturated heterocycles. The molecule has 0 spiro atoms. The van der Waals surface area contributed by atoms with Crippen molar-refractivity contribution in [3.63, 3.8) is 0 Å². The van der Waals surface area contributed by atoms with Gasteiger partial charge in [-0.05, 0) is 77.8 Å². The summed E-state index contributed by atoms with van der Waals surface area (Å²) in [5.41, 5.74) is 7.56. The van der Waals surface area contributed by atoms with E-state index < -0.39 is 0 Å². The number of aryl methyl sites for hydroxylation is 2. The second-order valence-electron chi connectivity index (χ2n) is 12.0. The zero-order chi connectivity index (χ0) is 28.3. The van der Waals surface area contributed by atoms with E-state index in [2.05, 4.69) is 102 Å². The molecule has 0 saturated carbocycles. The van der Waals surface area contributed by atoms with E-state index in [4.69, 9.17) is 9.97 Å². The van der Waals surface area contributed by atoms with E-state index in [0.29, 0.717) is 5.52 Å². The number of aromatic nitrogens is 3. The van der Waals surface area contributed by atoms with Crippen molar-refractivity contribution in [2.75, 3.05) is 0 Å². The zero-order valence-electron chi connectivity index (χ0n) is 24.2. The number of hydrogen-bond acceptors (Lipinski definition) is 4. The average molecular weight is 546 g/mol. The van der Waals surface area contributed by atoms with Gasteiger partial charge in [0.15, 0.2) is 0 Å². The van der Waals surface area contributed by atoms with Crippen LogP contribution in [-0.2, 0) is 5.41 Å². The minimum absolute atomic E-state index is 0.0339. The highest BCUT2D eigenvalue weighted by Crippen LogP contribution is 2.42. The summed E-state index contributed by atoms with van der Waals surface area (Å²) in [6, 6.07) is 23.5. The molecular weight excluding hydrogens is 510 g/mol. The van der Waals surface area contributed by atoms with E-state index >= 15 is 0 Å². The zero-order valence-corrected chi connectivity index (χ0v) is 25.0. The maximum atomic E-state index is 11.1. The summed E-state index contributed by atoms with van der Waals surface area (Å²) in [6.07, 6.45) is 1.86. The largest absolute Gasteiger partial charge is 0.505 e. The summed E-state index contributed by atoms with van der Waals surface area (Å²) in [4.78, 5) is 10.8. The van der Waals surface area contributed by atoms with Crippen LogP contribution in [0.1, 0.15) is 62.8 Å². The van der Waals surface area contributed by atoms with Gasteiger partial charge in [-0.3, -0.25) is 4.57 Å². The molecule has 0 fully saturated rings. The van der Waals surface area contributed by atoms with Crippen LogP contribution < -0.4 is 0 Å². The fourth-order valence-corrected chi connectivity index (χ4v) is 6.68. The van der Waals surface area contributed by atoms with Crippen LogP contribution in [0.15, 0.2) is 82.8 Å². The smallest absolute Gasteiger partial charge is 0.145 e. The molecule has 0 radical (unpaired) electrons. The Kier molecular flexibility index (Phi) is 6.38. The summed E-state index contributed by atoms with van der Waals surface area (Å²) in [5.74, 6) is 1.42. The molecule has 0 aliphatic heterocycles. The van der Waals surface area contributed by atoms with Crippen LogP contribution in [0, 0.1) is 13.8 Å². The van der Waals surface area contributed by atoms with Gasteiger partial charge in [0.1, 0.15) is 22.1 Å². The van der Waals surface area contributed by atoms with Gasteiger partial charge in [-0.25, -0.2) is 9.97 Å². The molecule has 1 N–H and O–H groups in total. The molecule has 202 valence electrons. The fourth-order valence-electron chi connectivity index (χ4n) is 5.76. The predicted molar refractivity (Wildman–Crippen MR) is 168 cm³/mol. The van der Waals surface area contributed by atoms with Crippen LogP contribution >= 0.6 is 11.8 Å². The molecule has 0 aliphatic rings. The standard InChI is InChI=1S/C35H35N3OS/c1-20(2)24-14-15-25-22(4)18-30(37-32(25)34(24)39)40-23-12-13-26-28(19-23)38(29-10-8-9-17-36-29)33-27(35(5,6)7)16-11-21(3)31(26)33/h8-20,39H,1-7H3. The first-order valence-electron chi connectivity index (χ1n) is 13.9. The van der Waals surface area contributed by atoms with Gasteiger partial charge < -0.3 is 5.11 Å². The third-order valence-corrected chi connectivity index (χ3v) is 8.70. The SMILES string of the molecule is Cc1cc(Sc2ccc3c4c(C)ccc(C(C)(C)C)c4n(-c4ccccn4)c3c2)nc2c(O)c(C(C)C)ccc12. The van der Waals surface area contributed by atoms with Crippen LogP contribution in [0.25, 0.3) is 38.5 Å². The molecule has 6 aromatic rings. The monoisotopic (exact) mass is 545 g/mol. The number of phenols is 1. The third-order valence-electron chi connectivity index (χ3n) is 7.79. The number of rotatable bonds is 4. The lowest BCUT2D eigenvalue weighted by molar-refractivity contribution is 0.469. The van der Waals surface area contributed by atoms with Crippen LogP contribution in [-0.4, -0.2) is 19.6 Å². The highest BCUT2D eigenvalue weighted by Gasteiger charge is 2.24. The summed E-state index contributed by atoms with van der Waals surface area (Å²) in [7, 11) is 0. The second kappa shape index (κ2) is 9.67. The van der Waals surface area contributed by atoms with Crippen LogP contribution in [0.4, 0.5) is 0 Å². The van der Waals surface area contributed by atoms with Crippen molar-refractivity contribution in [2.24, 2.45) is 0 Å². The van der Waals surface area contributed by atoms with E-state index in [9.17, 15) is 5.11 Å². The van der Waals surface area contributed by atoms with Gasteiger partial charge in [0, 0.05) is 27.3 Å². The molecule has 0 unspecified atom stereocenters. The van der Waals surface area contributed by atoms with Crippen molar-refractivity contribution < 1.29 is 5.11 Å². The number of benzene rings is 3. The first kappa shape index (κ1) is 26.4. The Labute approximate surface area is 240 Å². The van der Waals surface area contributed by atoms with Gasteiger partial charge in [-0.1, -0.05) is 82.8 Å². The Morgan fingerprint density at radius 2 is 1.65 bits per heavy atom. The Morgan fingerprint density at radius 1 is 0.875 bits per heavy atom. The quantitative estimate of drug-likeness (QED) is 0.240. The predicted octanol–water partition coefficient (Wildman–Crippen LogP) is 9.62. The number of phenolic OH excluding ortho intramolecular Hbond substituents is 1. The average Bonchev–Trinajstić information content (AvgIpc) is 3.24. The second-order valence-corrected chi connectivity index (χ2v) is 13.1. The van der Waals surface area contributed by atoms with Crippen molar-refractivity contribution in [3.05, 3.63) is 95.2 Å². The van der Waals surface area contributed by atoms with Crippen molar-refractivity contribution in [2.45, 2.75) is 69.7 Å². The summed E-state index contributed by atoms with van der Waals surface area (Å²) in [6.45, 7) is 15.3. The van der Waals surface area contributed by atoms with Crippen molar-refractivity contribution in [1.82, 2.24) is 14.5 Å². The van der Waals surface area contributed by atoms with E-state index in [0.717, 1.165) is 37.8 Å². The van der Waals surface area contributed by atoms with Gasteiger partial charge in [0.2, 0.25) is 0 Å². The number of hydrogen-bond donors (Lipinski definition) is 1. The van der Waals surface area contributed by atoms with Gasteiger partial charge in [-0.15, -0.1) is 0 Å². The molecular formula is C35H35N3OS. The Bertz CT molecular complexity index is 1910. The Hall–Kier alpha value is -3.83. The first-order chi connectivity index (χ1) is 19.0. The number of nitrogens with zero attached hydrogens (tertiary/aromatic N) is 3. The molecule has 3 aromatic carbocycles. The molecule has 5 heteroatoms. The molecule has 0 amide bonds. The van der Waals surface area contributed by atoms with Gasteiger partial charge in [0.25, 0.3) is 0 Å². The topological polar surface area (TPSA) is 50.9 Å². The van der Waals surface area contributed by atoms with Crippen LogP contribution in [0.3, 0.4) is 0 Å². The van der Waals surface area contributed by atoms with Gasteiger partial charge >= 0.3 is 0 Å². The number of pyridine rings is 2. The van der Waals surface area contributed by atoms with Crippen molar-refractivity contribution >= 4 is 44.5 Å². The normalized spacial score (nSPS) is 12.3. The third kappa shape index (κ3) is 4.33. The maximum Gasteiger partial charge on any atom is 0.145 e. The maximum absolute atomic E-state index is 11.1. The summed E-state index contributed by atoms with van der Waals surface area (Å²) >= 11 is 1.63. The van der Waals surface area contributed by atoms with Gasteiger partial charge in [0.05, 0.1) is 11.0 Å². The molecule has 40 heavy (non-hydrogen) atoms. The lowest BCUT2D eigenvalue weighted by Gasteiger charge is -2.22.